The molecule has 0 heterocycles. The molecule has 0 aliphatic heterocycles. The summed E-state index contributed by atoms with van der Waals surface area (Å²) in [6.45, 7) is 7.42. The molecule has 0 rings (SSSR count). The van der Waals surface area contributed by atoms with Gasteiger partial charge in [0.1, 0.15) is 0 Å². The Morgan fingerprint density at radius 2 is 1.00 bits per heavy atom. The molecule has 0 bridgehead atoms. The van der Waals surface area contributed by atoms with Gasteiger partial charge in [-0.1, -0.05) is 27.7 Å². The SMILES string of the molecule is CC(=O)[O-].CC(C)[O-].CC(C)[O-].[Ti+3]. The summed E-state index contributed by atoms with van der Waals surface area (Å²) in [6.07, 6.45) is -0.833. The zero-order valence-electron chi connectivity index (χ0n) is 8.79. The monoisotopic (exact) mass is 225 g/mol. The number of carboxylic acid groups (broad SMARTS) is 1. The average molecular weight is 225 g/mol. The van der Waals surface area contributed by atoms with Gasteiger partial charge in [-0.15, -0.1) is 12.2 Å². The normalized spacial score (nSPS) is 7.46. The molecule has 0 aliphatic carbocycles. The first-order valence-corrected chi connectivity index (χ1v) is 3.69. The van der Waals surface area contributed by atoms with E-state index in [2.05, 4.69) is 0 Å². The number of rotatable bonds is 0. The van der Waals surface area contributed by atoms with E-state index in [1.165, 1.54) is 0 Å². The van der Waals surface area contributed by atoms with Crippen molar-refractivity contribution in [3.63, 3.8) is 0 Å². The smallest absolute Gasteiger partial charge is 0.852 e. The Balaban J connectivity index is -0.0000000450. The second kappa shape index (κ2) is 18.0. The second-order valence-electron chi connectivity index (χ2n) is 2.59. The molecule has 77 valence electrons. The van der Waals surface area contributed by atoms with Crippen LogP contribution in [0, 0.1) is 0 Å². The molecular formula is C8H17O4Ti. The molecule has 0 aromatic heterocycles. The quantitative estimate of drug-likeness (QED) is 0.458. The predicted molar refractivity (Wildman–Crippen MR) is 41.0 cm³/mol. The van der Waals surface area contributed by atoms with E-state index in [1.807, 2.05) is 0 Å². The fourth-order valence-electron chi connectivity index (χ4n) is 0. The Bertz CT molecular complexity index is 78.6. The van der Waals surface area contributed by atoms with Gasteiger partial charge in [0.25, 0.3) is 0 Å². The van der Waals surface area contributed by atoms with Crippen LogP contribution in [0.1, 0.15) is 34.6 Å². The second-order valence-corrected chi connectivity index (χ2v) is 2.59. The van der Waals surface area contributed by atoms with Crippen molar-refractivity contribution in [2.75, 3.05) is 0 Å². The van der Waals surface area contributed by atoms with Gasteiger partial charge < -0.3 is 20.1 Å². The van der Waals surface area contributed by atoms with Crippen LogP contribution in [-0.4, -0.2) is 18.2 Å². The maximum atomic E-state index is 9.53. The third kappa shape index (κ3) is 114000. The fourth-order valence-corrected chi connectivity index (χ4v) is 0. The van der Waals surface area contributed by atoms with E-state index in [-0.39, 0.29) is 21.7 Å². The Morgan fingerprint density at radius 1 is 1.00 bits per heavy atom. The molecule has 0 aliphatic rings. The van der Waals surface area contributed by atoms with Gasteiger partial charge in [0.15, 0.2) is 0 Å². The standard InChI is InChI=1S/2C3H7O.C2H4O2.Ti/c2*1-3(2)4;1-2(3)4;/h2*3H,1-2H3;1H3,(H,3,4);/q2*-1;;+3/p-1. The maximum Gasteiger partial charge on any atom is 3.00 e. The summed E-state index contributed by atoms with van der Waals surface area (Å²) < 4.78 is 0. The summed E-state index contributed by atoms with van der Waals surface area (Å²) in [5.74, 6) is -1.08. The minimum absolute atomic E-state index is 0. The van der Waals surface area contributed by atoms with E-state index >= 15 is 0 Å². The third-order valence-electron chi connectivity index (χ3n) is 0. The first kappa shape index (κ1) is 23.2. The summed E-state index contributed by atoms with van der Waals surface area (Å²) >= 11 is 0. The molecule has 0 saturated carbocycles. The van der Waals surface area contributed by atoms with Crippen molar-refractivity contribution in [1.29, 1.82) is 0 Å². The van der Waals surface area contributed by atoms with E-state index in [0.29, 0.717) is 0 Å². The number of hydrogen-bond donors (Lipinski definition) is 0. The van der Waals surface area contributed by atoms with Gasteiger partial charge in [0.05, 0.1) is 0 Å². The van der Waals surface area contributed by atoms with Gasteiger partial charge >= 0.3 is 21.7 Å². The van der Waals surface area contributed by atoms with E-state index < -0.39 is 18.2 Å². The molecule has 0 atom stereocenters. The van der Waals surface area contributed by atoms with E-state index in [4.69, 9.17) is 9.90 Å². The molecular weight excluding hydrogens is 208 g/mol. The van der Waals surface area contributed by atoms with Crippen molar-refractivity contribution in [2.45, 2.75) is 46.8 Å². The molecule has 0 aromatic rings. The van der Waals surface area contributed by atoms with Gasteiger partial charge in [-0.2, -0.15) is 0 Å². The van der Waals surface area contributed by atoms with Gasteiger partial charge in [-0.25, -0.2) is 0 Å². The molecule has 0 amide bonds. The van der Waals surface area contributed by atoms with Gasteiger partial charge in [-0.3, -0.25) is 0 Å². The van der Waals surface area contributed by atoms with Crippen LogP contribution in [0.2, 0.25) is 0 Å². The van der Waals surface area contributed by atoms with Crippen molar-refractivity contribution < 1.29 is 41.8 Å². The third-order valence-corrected chi connectivity index (χ3v) is 0. The molecule has 0 aromatic carbocycles. The Labute approximate surface area is 94.9 Å². The maximum absolute atomic E-state index is 9.53. The van der Waals surface area contributed by atoms with Crippen LogP contribution >= 0.6 is 0 Å². The molecule has 0 unspecified atom stereocenters. The van der Waals surface area contributed by atoms with Crippen molar-refractivity contribution in [3.8, 4) is 0 Å². The topological polar surface area (TPSA) is 86.2 Å². The first-order chi connectivity index (χ1) is 5.20. The zero-order valence-corrected chi connectivity index (χ0v) is 10.3. The zero-order chi connectivity index (χ0) is 10.7. The molecule has 4 nitrogen and oxygen atoms in total. The number of carboxylic acids is 1. The van der Waals surface area contributed by atoms with Crippen LogP contribution < -0.4 is 15.3 Å². The minimum atomic E-state index is -1.08. The number of carbonyl (C=O) groups excluding carboxylic acids is 1. The van der Waals surface area contributed by atoms with Crippen molar-refractivity contribution >= 4 is 5.97 Å². The van der Waals surface area contributed by atoms with Gasteiger partial charge in [0.2, 0.25) is 0 Å². The summed E-state index contributed by atoms with van der Waals surface area (Å²) in [5.41, 5.74) is 0. The van der Waals surface area contributed by atoms with Crippen LogP contribution in [0.25, 0.3) is 0 Å². The van der Waals surface area contributed by atoms with Crippen LogP contribution in [-0.2, 0) is 26.5 Å². The van der Waals surface area contributed by atoms with Crippen LogP contribution in [0.5, 0.6) is 0 Å². The average Bonchev–Trinajstić information content (AvgIpc) is 1.54. The first-order valence-electron chi connectivity index (χ1n) is 3.69. The van der Waals surface area contributed by atoms with Crippen molar-refractivity contribution in [3.05, 3.63) is 0 Å². The van der Waals surface area contributed by atoms with E-state index in [9.17, 15) is 10.2 Å². The van der Waals surface area contributed by atoms with Crippen LogP contribution in [0.15, 0.2) is 0 Å². The Kier molecular flexibility index (Phi) is 32.1. The van der Waals surface area contributed by atoms with Crippen LogP contribution in [0.4, 0.5) is 0 Å². The Morgan fingerprint density at radius 3 is 1.00 bits per heavy atom. The molecule has 0 saturated heterocycles. The Hall–Kier alpha value is 0.104. The molecule has 0 fully saturated rings. The minimum Gasteiger partial charge on any atom is -0.852 e. The molecule has 0 N–H and O–H groups in total. The molecule has 1 radical (unpaired) electrons. The predicted octanol–water partition coefficient (Wildman–Crippen LogP) is -1.74. The fraction of sp³-hybridized carbons (Fsp3) is 0.875. The largest absolute Gasteiger partial charge is 3.00 e. The van der Waals surface area contributed by atoms with Crippen molar-refractivity contribution in [2.24, 2.45) is 0 Å². The molecule has 0 spiro atoms. The summed E-state index contributed by atoms with van der Waals surface area (Å²) in [6, 6.07) is 0. The van der Waals surface area contributed by atoms with Crippen LogP contribution in [0.3, 0.4) is 0 Å². The molecule has 5 heteroatoms. The van der Waals surface area contributed by atoms with E-state index in [0.717, 1.165) is 6.92 Å². The number of hydrogen-bond acceptors (Lipinski definition) is 4. The number of aliphatic carboxylic acids is 1. The van der Waals surface area contributed by atoms with Gasteiger partial charge in [-0.05, 0) is 6.92 Å². The van der Waals surface area contributed by atoms with E-state index in [1.54, 1.807) is 27.7 Å². The molecule has 13 heavy (non-hydrogen) atoms. The van der Waals surface area contributed by atoms with Gasteiger partial charge in [0, 0.05) is 5.97 Å². The summed E-state index contributed by atoms with van der Waals surface area (Å²) in [7, 11) is 0. The van der Waals surface area contributed by atoms with Crippen molar-refractivity contribution in [1.82, 2.24) is 0 Å². The summed E-state index contributed by atoms with van der Waals surface area (Å²) in [5, 5.41) is 27.9. The number of carbonyl (C=O) groups is 1. The summed E-state index contributed by atoms with van der Waals surface area (Å²) in [4.78, 5) is 8.89.